The summed E-state index contributed by atoms with van der Waals surface area (Å²) >= 11 is 0. The van der Waals surface area contributed by atoms with Gasteiger partial charge in [0.25, 0.3) is 0 Å². The zero-order valence-corrected chi connectivity index (χ0v) is 15.7. The minimum Gasteiger partial charge on any atom is -0.356 e. The number of hydrogen-bond donors (Lipinski definition) is 2. The maximum atomic E-state index is 12.1. The third-order valence-electron chi connectivity index (χ3n) is 3.97. The Bertz CT molecular complexity index is 521. The SMILES string of the molecule is CC(C)CCNC(=O)CC(C)CC(=O)Nc1ccc(C(C)C)cc1. The molecule has 1 unspecified atom stereocenters. The Balaban J connectivity index is 2.34. The number of benzene rings is 1. The van der Waals surface area contributed by atoms with Gasteiger partial charge in [-0.05, 0) is 41.9 Å². The van der Waals surface area contributed by atoms with Crippen molar-refractivity contribution in [2.75, 3.05) is 11.9 Å². The summed E-state index contributed by atoms with van der Waals surface area (Å²) in [7, 11) is 0. The van der Waals surface area contributed by atoms with Crippen LogP contribution in [0.1, 0.15) is 65.4 Å². The Morgan fingerprint density at radius 3 is 2.04 bits per heavy atom. The molecule has 4 nitrogen and oxygen atoms in total. The van der Waals surface area contributed by atoms with E-state index in [1.165, 1.54) is 5.56 Å². The highest BCUT2D eigenvalue weighted by Crippen LogP contribution is 2.18. The van der Waals surface area contributed by atoms with Crippen molar-refractivity contribution >= 4 is 17.5 Å². The molecule has 0 aliphatic rings. The van der Waals surface area contributed by atoms with Gasteiger partial charge < -0.3 is 10.6 Å². The summed E-state index contributed by atoms with van der Waals surface area (Å²) in [5.74, 6) is 1.06. The number of nitrogens with one attached hydrogen (secondary N) is 2. The van der Waals surface area contributed by atoms with Crippen LogP contribution in [-0.4, -0.2) is 18.4 Å². The Hall–Kier alpha value is -1.84. The molecule has 2 amide bonds. The zero-order chi connectivity index (χ0) is 18.1. The lowest BCUT2D eigenvalue weighted by Crippen LogP contribution is -2.27. The molecule has 0 aromatic heterocycles. The van der Waals surface area contributed by atoms with Gasteiger partial charge in [-0.3, -0.25) is 9.59 Å². The van der Waals surface area contributed by atoms with Crippen LogP contribution < -0.4 is 10.6 Å². The first-order valence-electron chi connectivity index (χ1n) is 8.94. The summed E-state index contributed by atoms with van der Waals surface area (Å²) in [6.45, 7) is 11.2. The van der Waals surface area contributed by atoms with Crippen LogP contribution in [0, 0.1) is 11.8 Å². The molecule has 0 saturated carbocycles. The van der Waals surface area contributed by atoms with Gasteiger partial charge in [-0.25, -0.2) is 0 Å². The Kier molecular flexibility index (Phi) is 8.51. The molecule has 0 heterocycles. The van der Waals surface area contributed by atoms with E-state index in [1.807, 2.05) is 31.2 Å². The number of carbonyl (C=O) groups is 2. The van der Waals surface area contributed by atoms with Gasteiger partial charge in [0.05, 0.1) is 0 Å². The number of amides is 2. The van der Waals surface area contributed by atoms with E-state index in [1.54, 1.807) is 0 Å². The Morgan fingerprint density at radius 2 is 1.50 bits per heavy atom. The predicted octanol–water partition coefficient (Wildman–Crippen LogP) is 4.33. The minimum atomic E-state index is -0.0465. The smallest absolute Gasteiger partial charge is 0.224 e. The van der Waals surface area contributed by atoms with Crippen molar-refractivity contribution in [3.05, 3.63) is 29.8 Å². The molecular weight excluding hydrogens is 300 g/mol. The first-order chi connectivity index (χ1) is 11.3. The van der Waals surface area contributed by atoms with Gasteiger partial charge in [0.2, 0.25) is 11.8 Å². The highest BCUT2D eigenvalue weighted by molar-refractivity contribution is 5.91. The molecule has 0 aliphatic heterocycles. The fourth-order valence-corrected chi connectivity index (χ4v) is 2.44. The third kappa shape index (κ3) is 8.14. The van der Waals surface area contributed by atoms with E-state index in [4.69, 9.17) is 0 Å². The average molecular weight is 332 g/mol. The fraction of sp³-hybridized carbons (Fsp3) is 0.600. The summed E-state index contributed by atoms with van der Waals surface area (Å²) in [4.78, 5) is 23.9. The van der Waals surface area contributed by atoms with E-state index in [9.17, 15) is 9.59 Å². The topological polar surface area (TPSA) is 58.2 Å². The second kappa shape index (κ2) is 10.1. The maximum absolute atomic E-state index is 12.1. The van der Waals surface area contributed by atoms with E-state index in [0.29, 0.717) is 31.2 Å². The summed E-state index contributed by atoms with van der Waals surface area (Å²) in [6, 6.07) is 7.92. The van der Waals surface area contributed by atoms with Gasteiger partial charge in [0.1, 0.15) is 0 Å². The second-order valence-electron chi connectivity index (χ2n) is 7.37. The minimum absolute atomic E-state index is 0.0252. The maximum Gasteiger partial charge on any atom is 0.224 e. The molecule has 24 heavy (non-hydrogen) atoms. The molecule has 1 aromatic carbocycles. The first-order valence-corrected chi connectivity index (χ1v) is 8.94. The second-order valence-corrected chi connectivity index (χ2v) is 7.37. The number of hydrogen-bond acceptors (Lipinski definition) is 2. The van der Waals surface area contributed by atoms with Crippen LogP contribution in [0.4, 0.5) is 5.69 Å². The Labute approximate surface area is 146 Å². The predicted molar refractivity (Wildman–Crippen MR) is 100 cm³/mol. The van der Waals surface area contributed by atoms with Crippen LogP contribution in [0.25, 0.3) is 0 Å². The molecule has 0 bridgehead atoms. The monoisotopic (exact) mass is 332 g/mol. The summed E-state index contributed by atoms with van der Waals surface area (Å²) in [5, 5.41) is 5.81. The van der Waals surface area contributed by atoms with Gasteiger partial charge in [0.15, 0.2) is 0 Å². The summed E-state index contributed by atoms with van der Waals surface area (Å²) in [5.41, 5.74) is 2.05. The first kappa shape index (κ1) is 20.2. The quantitative estimate of drug-likeness (QED) is 0.707. The normalized spacial score (nSPS) is 12.3. The van der Waals surface area contributed by atoms with E-state index >= 15 is 0 Å². The number of anilines is 1. The van der Waals surface area contributed by atoms with Crippen LogP contribution in [0.3, 0.4) is 0 Å². The third-order valence-corrected chi connectivity index (χ3v) is 3.97. The van der Waals surface area contributed by atoms with Crippen LogP contribution in [0.2, 0.25) is 0 Å². The molecule has 134 valence electrons. The lowest BCUT2D eigenvalue weighted by molar-refractivity contribution is -0.122. The molecule has 0 spiro atoms. The summed E-state index contributed by atoms with van der Waals surface area (Å²) in [6.07, 6.45) is 1.72. The zero-order valence-electron chi connectivity index (χ0n) is 15.7. The molecule has 0 aliphatic carbocycles. The fourth-order valence-electron chi connectivity index (χ4n) is 2.44. The molecule has 2 N–H and O–H groups in total. The standard InChI is InChI=1S/C20H32N2O2/c1-14(2)10-11-21-19(23)12-16(5)13-20(24)22-18-8-6-17(7-9-18)15(3)4/h6-9,14-16H,10-13H2,1-5H3,(H,21,23)(H,22,24). The van der Waals surface area contributed by atoms with E-state index < -0.39 is 0 Å². The van der Waals surface area contributed by atoms with Crippen molar-refractivity contribution < 1.29 is 9.59 Å². The van der Waals surface area contributed by atoms with Gasteiger partial charge in [-0.15, -0.1) is 0 Å². The van der Waals surface area contributed by atoms with Gasteiger partial charge >= 0.3 is 0 Å². The molecule has 0 saturated heterocycles. The van der Waals surface area contributed by atoms with E-state index in [-0.39, 0.29) is 17.7 Å². The van der Waals surface area contributed by atoms with Crippen LogP contribution in [0.5, 0.6) is 0 Å². The van der Waals surface area contributed by atoms with Crippen LogP contribution in [0.15, 0.2) is 24.3 Å². The molecule has 0 radical (unpaired) electrons. The van der Waals surface area contributed by atoms with E-state index in [0.717, 1.165) is 12.1 Å². The van der Waals surface area contributed by atoms with Crippen molar-refractivity contribution in [3.63, 3.8) is 0 Å². The Morgan fingerprint density at radius 1 is 0.917 bits per heavy atom. The number of rotatable bonds is 9. The van der Waals surface area contributed by atoms with Crippen LogP contribution in [-0.2, 0) is 9.59 Å². The van der Waals surface area contributed by atoms with Gasteiger partial charge in [0, 0.05) is 25.1 Å². The highest BCUT2D eigenvalue weighted by atomic mass is 16.2. The lowest BCUT2D eigenvalue weighted by Gasteiger charge is -2.13. The molecule has 0 fully saturated rings. The molecule has 4 heteroatoms. The molecule has 1 atom stereocenters. The van der Waals surface area contributed by atoms with Gasteiger partial charge in [-0.2, -0.15) is 0 Å². The largest absolute Gasteiger partial charge is 0.356 e. The van der Waals surface area contributed by atoms with Crippen molar-refractivity contribution in [1.29, 1.82) is 0 Å². The number of carbonyl (C=O) groups excluding carboxylic acids is 2. The molecular formula is C20H32N2O2. The van der Waals surface area contributed by atoms with Crippen molar-refractivity contribution in [2.45, 2.75) is 59.8 Å². The van der Waals surface area contributed by atoms with Crippen molar-refractivity contribution in [1.82, 2.24) is 5.32 Å². The molecule has 1 rings (SSSR count). The van der Waals surface area contributed by atoms with Crippen molar-refractivity contribution in [3.8, 4) is 0 Å². The summed E-state index contributed by atoms with van der Waals surface area (Å²) < 4.78 is 0. The average Bonchev–Trinajstić information content (AvgIpc) is 2.46. The highest BCUT2D eigenvalue weighted by Gasteiger charge is 2.13. The van der Waals surface area contributed by atoms with Gasteiger partial charge in [-0.1, -0.05) is 46.8 Å². The lowest BCUT2D eigenvalue weighted by atomic mass is 10.0. The van der Waals surface area contributed by atoms with E-state index in [2.05, 4.69) is 38.3 Å². The van der Waals surface area contributed by atoms with Crippen molar-refractivity contribution in [2.24, 2.45) is 11.8 Å². The van der Waals surface area contributed by atoms with Crippen LogP contribution >= 0.6 is 0 Å². The molecule has 1 aromatic rings.